The number of para-hydroxylation sites is 1. The Morgan fingerprint density at radius 1 is 1.23 bits per heavy atom. The van der Waals surface area contributed by atoms with Crippen molar-refractivity contribution in [1.82, 2.24) is 9.97 Å². The summed E-state index contributed by atoms with van der Waals surface area (Å²) in [7, 11) is 1.38. The van der Waals surface area contributed by atoms with Crippen LogP contribution in [0.3, 0.4) is 0 Å². The number of fused-ring (bicyclic) bond motifs is 1. The molecular weight excluding hydrogens is 339 g/mol. The van der Waals surface area contributed by atoms with Crippen molar-refractivity contribution in [3.63, 3.8) is 0 Å². The van der Waals surface area contributed by atoms with E-state index in [4.69, 9.17) is 9.47 Å². The van der Waals surface area contributed by atoms with Crippen LogP contribution in [0.4, 0.5) is 4.39 Å². The summed E-state index contributed by atoms with van der Waals surface area (Å²) < 4.78 is 23.6. The van der Waals surface area contributed by atoms with Crippen LogP contribution in [-0.2, 0) is 22.6 Å². The Kier molecular flexibility index (Phi) is 5.26. The summed E-state index contributed by atoms with van der Waals surface area (Å²) in [6, 6.07) is 11.3. The molecule has 0 radical (unpaired) electrons. The minimum absolute atomic E-state index is 0.0403. The largest absolute Gasteiger partial charge is 0.494 e. The number of benzene rings is 2. The average Bonchev–Trinajstić information content (AvgIpc) is 2.65. The van der Waals surface area contributed by atoms with Gasteiger partial charge >= 0.3 is 5.97 Å². The van der Waals surface area contributed by atoms with Crippen LogP contribution >= 0.6 is 0 Å². The van der Waals surface area contributed by atoms with Gasteiger partial charge in [0.2, 0.25) is 0 Å². The number of methoxy groups -OCH3 is 1. The maximum absolute atomic E-state index is 13.6. The fourth-order valence-electron chi connectivity index (χ4n) is 2.51. The van der Waals surface area contributed by atoms with Crippen LogP contribution in [0.2, 0.25) is 0 Å². The number of hydrogen-bond acceptors (Lipinski definition) is 5. The third kappa shape index (κ3) is 4.05. The summed E-state index contributed by atoms with van der Waals surface area (Å²) in [5.41, 5.74) is 0.856. The quantitative estimate of drug-likeness (QED) is 0.687. The molecule has 7 heteroatoms. The average molecular weight is 356 g/mol. The summed E-state index contributed by atoms with van der Waals surface area (Å²) in [6.07, 6.45) is 0.301. The summed E-state index contributed by atoms with van der Waals surface area (Å²) in [5, 5.41) is 0.500. The monoisotopic (exact) mass is 356 g/mol. The molecule has 0 saturated carbocycles. The molecule has 0 fully saturated rings. The first-order chi connectivity index (χ1) is 12.6. The third-order valence-electron chi connectivity index (χ3n) is 3.84. The van der Waals surface area contributed by atoms with Crippen molar-refractivity contribution in [3.05, 3.63) is 70.0 Å². The van der Waals surface area contributed by atoms with E-state index in [1.165, 1.54) is 19.2 Å². The van der Waals surface area contributed by atoms with E-state index in [1.807, 2.05) is 0 Å². The molecule has 0 spiro atoms. The van der Waals surface area contributed by atoms with E-state index in [2.05, 4.69) is 9.97 Å². The fraction of sp³-hybridized carbons (Fsp3) is 0.211. The van der Waals surface area contributed by atoms with Crippen molar-refractivity contribution in [1.29, 1.82) is 0 Å². The van der Waals surface area contributed by atoms with Crippen LogP contribution in [0.1, 0.15) is 17.8 Å². The topological polar surface area (TPSA) is 81.3 Å². The maximum atomic E-state index is 13.6. The zero-order valence-corrected chi connectivity index (χ0v) is 14.1. The second-order valence-electron chi connectivity index (χ2n) is 5.66. The molecule has 0 aliphatic carbocycles. The maximum Gasteiger partial charge on any atom is 0.306 e. The first-order valence-electron chi connectivity index (χ1n) is 8.03. The van der Waals surface area contributed by atoms with Crippen molar-refractivity contribution in [3.8, 4) is 5.75 Å². The molecule has 3 rings (SSSR count). The lowest BCUT2D eigenvalue weighted by atomic mass is 10.2. The van der Waals surface area contributed by atoms with E-state index in [0.717, 1.165) is 0 Å². The Labute approximate surface area is 148 Å². The predicted molar refractivity (Wildman–Crippen MR) is 93.4 cm³/mol. The van der Waals surface area contributed by atoms with Crippen LogP contribution in [0.25, 0.3) is 10.9 Å². The van der Waals surface area contributed by atoms with E-state index >= 15 is 0 Å². The molecule has 0 unspecified atom stereocenters. The first-order valence-corrected chi connectivity index (χ1v) is 8.03. The van der Waals surface area contributed by atoms with Gasteiger partial charge in [0.15, 0.2) is 11.6 Å². The summed E-state index contributed by atoms with van der Waals surface area (Å²) in [6.45, 7) is -0.0403. The van der Waals surface area contributed by atoms with Gasteiger partial charge < -0.3 is 14.5 Å². The summed E-state index contributed by atoms with van der Waals surface area (Å²) in [4.78, 5) is 30.9. The zero-order valence-electron chi connectivity index (χ0n) is 14.1. The van der Waals surface area contributed by atoms with Gasteiger partial charge in [-0.1, -0.05) is 18.2 Å². The predicted octanol–water partition coefficient (Wildman–Crippen LogP) is 2.75. The Balaban J connectivity index is 1.57. The number of carbonyl (C=O) groups excluding carboxylic acids is 1. The Morgan fingerprint density at radius 2 is 2.04 bits per heavy atom. The number of hydrogen-bond donors (Lipinski definition) is 1. The lowest BCUT2D eigenvalue weighted by Gasteiger charge is -2.07. The number of nitrogens with one attached hydrogen (secondary N) is 1. The molecule has 1 aromatic heterocycles. The normalized spacial score (nSPS) is 10.7. The zero-order chi connectivity index (χ0) is 18.5. The van der Waals surface area contributed by atoms with Gasteiger partial charge in [-0.25, -0.2) is 9.37 Å². The molecule has 0 aliphatic rings. The number of aromatic amines is 1. The number of halogens is 1. The highest BCUT2D eigenvalue weighted by atomic mass is 19.1. The van der Waals surface area contributed by atoms with Gasteiger partial charge in [0.05, 0.1) is 24.4 Å². The number of nitrogens with zero attached hydrogens (tertiary/aromatic N) is 1. The van der Waals surface area contributed by atoms with Crippen molar-refractivity contribution >= 4 is 16.9 Å². The number of esters is 1. The lowest BCUT2D eigenvalue weighted by molar-refractivity contribution is -0.144. The number of H-pyrrole nitrogens is 1. The molecule has 1 N–H and O–H groups in total. The smallest absolute Gasteiger partial charge is 0.306 e. The van der Waals surface area contributed by atoms with Crippen molar-refractivity contribution < 1.29 is 18.7 Å². The summed E-state index contributed by atoms with van der Waals surface area (Å²) >= 11 is 0. The van der Waals surface area contributed by atoms with Crippen molar-refractivity contribution in [2.45, 2.75) is 19.4 Å². The molecule has 6 nitrogen and oxygen atoms in total. The van der Waals surface area contributed by atoms with Crippen LogP contribution in [-0.4, -0.2) is 23.0 Å². The summed E-state index contributed by atoms with van der Waals surface area (Å²) in [5.74, 6) is -0.427. The second-order valence-corrected chi connectivity index (χ2v) is 5.66. The number of rotatable bonds is 6. The molecule has 2 aromatic carbocycles. The number of aryl methyl sites for hydroxylation is 1. The van der Waals surface area contributed by atoms with Gasteiger partial charge in [-0.15, -0.1) is 0 Å². The molecule has 0 aliphatic heterocycles. The van der Waals surface area contributed by atoms with Crippen LogP contribution in [0.5, 0.6) is 5.75 Å². The Bertz CT molecular complexity index is 1000. The second kappa shape index (κ2) is 7.77. The Hall–Kier alpha value is -3.22. The van der Waals surface area contributed by atoms with Gasteiger partial charge in [0, 0.05) is 6.42 Å². The molecule has 134 valence electrons. The van der Waals surface area contributed by atoms with Gasteiger partial charge in [0.1, 0.15) is 12.4 Å². The molecule has 0 atom stereocenters. The molecule has 0 saturated heterocycles. The first kappa shape index (κ1) is 17.6. The highest BCUT2D eigenvalue weighted by Gasteiger charge is 2.09. The van der Waals surface area contributed by atoms with Gasteiger partial charge in [-0.05, 0) is 29.8 Å². The Morgan fingerprint density at radius 3 is 2.81 bits per heavy atom. The van der Waals surface area contributed by atoms with Crippen molar-refractivity contribution in [2.24, 2.45) is 0 Å². The molecule has 1 heterocycles. The minimum Gasteiger partial charge on any atom is -0.494 e. The van der Waals surface area contributed by atoms with E-state index in [-0.39, 0.29) is 30.8 Å². The standard InChI is InChI=1S/C19H17FN2O4/c1-25-16-7-6-12(10-14(16)20)11-26-18(23)9-8-17-21-15-5-3-2-4-13(15)19(24)22-17/h2-7,10H,8-9,11H2,1H3,(H,21,22,24). The van der Waals surface area contributed by atoms with E-state index in [9.17, 15) is 14.0 Å². The van der Waals surface area contributed by atoms with E-state index in [0.29, 0.717) is 22.3 Å². The van der Waals surface area contributed by atoms with Crippen LogP contribution < -0.4 is 10.3 Å². The third-order valence-corrected chi connectivity index (χ3v) is 3.84. The highest BCUT2D eigenvalue weighted by molar-refractivity contribution is 5.77. The number of aromatic nitrogens is 2. The van der Waals surface area contributed by atoms with Crippen LogP contribution in [0.15, 0.2) is 47.3 Å². The molecule has 0 bridgehead atoms. The van der Waals surface area contributed by atoms with Gasteiger partial charge in [-0.3, -0.25) is 9.59 Å². The molecule has 3 aromatic rings. The highest BCUT2D eigenvalue weighted by Crippen LogP contribution is 2.18. The number of ether oxygens (including phenoxy) is 2. The molecule has 26 heavy (non-hydrogen) atoms. The SMILES string of the molecule is COc1ccc(COC(=O)CCc2nc3ccccc3c(=O)[nH]2)cc1F. The molecular formula is C19H17FN2O4. The van der Waals surface area contributed by atoms with E-state index < -0.39 is 11.8 Å². The van der Waals surface area contributed by atoms with Gasteiger partial charge in [-0.2, -0.15) is 0 Å². The lowest BCUT2D eigenvalue weighted by Crippen LogP contribution is -2.14. The van der Waals surface area contributed by atoms with Crippen LogP contribution in [0, 0.1) is 5.82 Å². The minimum atomic E-state index is -0.515. The molecule has 0 amide bonds. The van der Waals surface area contributed by atoms with Crippen molar-refractivity contribution in [2.75, 3.05) is 7.11 Å². The number of carbonyl (C=O) groups is 1. The van der Waals surface area contributed by atoms with Gasteiger partial charge in [0.25, 0.3) is 5.56 Å². The van der Waals surface area contributed by atoms with E-state index in [1.54, 1.807) is 30.3 Å². The fourth-order valence-corrected chi connectivity index (χ4v) is 2.51.